The van der Waals surface area contributed by atoms with Crippen LogP contribution in [0.1, 0.15) is 29.3 Å². The lowest BCUT2D eigenvalue weighted by Gasteiger charge is -2.13. The third-order valence-electron chi connectivity index (χ3n) is 4.54. The van der Waals surface area contributed by atoms with Gasteiger partial charge in [-0.2, -0.15) is 0 Å². The zero-order valence-corrected chi connectivity index (χ0v) is 20.0. The van der Waals surface area contributed by atoms with Crippen molar-refractivity contribution < 1.29 is 9.15 Å². The van der Waals surface area contributed by atoms with Gasteiger partial charge in [0.05, 0.1) is 18.8 Å². The molecule has 0 saturated carbocycles. The molecule has 0 saturated heterocycles. The van der Waals surface area contributed by atoms with Crippen LogP contribution in [0.4, 0.5) is 0 Å². The van der Waals surface area contributed by atoms with Gasteiger partial charge >= 0.3 is 0 Å². The molecule has 2 N–H and O–H groups in total. The monoisotopic (exact) mass is 520 g/mol. The first-order chi connectivity index (χ1) is 14.2. The Morgan fingerprint density at radius 3 is 2.43 bits per heavy atom. The SMILES string of the molecule is CCOCc1ccccc1CNC(=NC)NCc1coc(-c2ccc(C)cc2)n1.I. The van der Waals surface area contributed by atoms with E-state index in [-0.39, 0.29) is 24.0 Å². The Balaban J connectivity index is 0.00000320. The van der Waals surface area contributed by atoms with Gasteiger partial charge in [-0.25, -0.2) is 4.98 Å². The van der Waals surface area contributed by atoms with Crippen molar-refractivity contribution in [2.45, 2.75) is 33.5 Å². The molecule has 7 heteroatoms. The Morgan fingerprint density at radius 2 is 1.73 bits per heavy atom. The molecule has 3 aromatic rings. The van der Waals surface area contributed by atoms with E-state index in [2.05, 4.69) is 39.7 Å². The molecule has 0 bridgehead atoms. The Morgan fingerprint density at radius 1 is 1.03 bits per heavy atom. The van der Waals surface area contributed by atoms with E-state index in [1.807, 2.05) is 43.3 Å². The average Bonchev–Trinajstić information content (AvgIpc) is 3.22. The number of oxazole rings is 1. The molecule has 0 aliphatic rings. The fraction of sp³-hybridized carbons (Fsp3) is 0.304. The Bertz CT molecular complexity index is 938. The number of ether oxygens (including phenoxy) is 1. The second-order valence-corrected chi connectivity index (χ2v) is 6.70. The molecule has 1 heterocycles. The highest BCUT2D eigenvalue weighted by Crippen LogP contribution is 2.19. The van der Waals surface area contributed by atoms with E-state index in [0.717, 1.165) is 11.3 Å². The highest BCUT2D eigenvalue weighted by atomic mass is 127. The van der Waals surface area contributed by atoms with E-state index in [0.29, 0.717) is 38.2 Å². The molecule has 6 nitrogen and oxygen atoms in total. The van der Waals surface area contributed by atoms with Crippen LogP contribution in [0.25, 0.3) is 11.5 Å². The fourth-order valence-electron chi connectivity index (χ4n) is 2.87. The lowest BCUT2D eigenvalue weighted by Crippen LogP contribution is -2.36. The van der Waals surface area contributed by atoms with Gasteiger partial charge in [0.25, 0.3) is 0 Å². The van der Waals surface area contributed by atoms with Crippen molar-refractivity contribution in [3.63, 3.8) is 0 Å². The first-order valence-corrected chi connectivity index (χ1v) is 9.80. The van der Waals surface area contributed by atoms with Crippen LogP contribution in [-0.4, -0.2) is 24.6 Å². The summed E-state index contributed by atoms with van der Waals surface area (Å²) in [5.74, 6) is 1.32. The second-order valence-electron chi connectivity index (χ2n) is 6.70. The van der Waals surface area contributed by atoms with Crippen LogP contribution in [-0.2, 0) is 24.4 Å². The predicted molar refractivity (Wildman–Crippen MR) is 131 cm³/mol. The summed E-state index contributed by atoms with van der Waals surface area (Å²) in [7, 11) is 1.75. The highest BCUT2D eigenvalue weighted by molar-refractivity contribution is 14.0. The van der Waals surface area contributed by atoms with E-state index in [4.69, 9.17) is 9.15 Å². The molecule has 0 spiro atoms. The van der Waals surface area contributed by atoms with Crippen molar-refractivity contribution in [3.8, 4) is 11.5 Å². The fourth-order valence-corrected chi connectivity index (χ4v) is 2.87. The van der Waals surface area contributed by atoms with Crippen molar-refractivity contribution in [1.29, 1.82) is 0 Å². The molecule has 0 fully saturated rings. The summed E-state index contributed by atoms with van der Waals surface area (Å²) in [6.45, 7) is 6.56. The van der Waals surface area contributed by atoms with E-state index < -0.39 is 0 Å². The average molecular weight is 520 g/mol. The Kier molecular flexibility index (Phi) is 9.82. The zero-order chi connectivity index (χ0) is 20.5. The maximum Gasteiger partial charge on any atom is 0.226 e. The molecule has 0 aliphatic carbocycles. The molecule has 0 aliphatic heterocycles. The number of guanidine groups is 1. The summed E-state index contributed by atoms with van der Waals surface area (Å²) in [6, 6.07) is 16.4. The van der Waals surface area contributed by atoms with Crippen LogP contribution >= 0.6 is 24.0 Å². The summed E-state index contributed by atoms with van der Waals surface area (Å²) in [6.07, 6.45) is 1.67. The van der Waals surface area contributed by atoms with Crippen molar-refractivity contribution in [1.82, 2.24) is 15.6 Å². The maximum atomic E-state index is 5.61. The van der Waals surface area contributed by atoms with Crippen LogP contribution in [0.2, 0.25) is 0 Å². The number of hydrogen-bond donors (Lipinski definition) is 2. The van der Waals surface area contributed by atoms with E-state index in [1.54, 1.807) is 13.3 Å². The van der Waals surface area contributed by atoms with Crippen molar-refractivity contribution >= 4 is 29.9 Å². The molecule has 0 amide bonds. The molecular formula is C23H29IN4O2. The van der Waals surface area contributed by atoms with Gasteiger partial charge in [-0.1, -0.05) is 42.0 Å². The maximum absolute atomic E-state index is 5.61. The predicted octanol–water partition coefficient (Wildman–Crippen LogP) is 4.67. The number of hydrogen-bond acceptors (Lipinski definition) is 4. The first-order valence-electron chi connectivity index (χ1n) is 9.80. The Hall–Kier alpha value is -2.39. The number of aryl methyl sites for hydroxylation is 1. The van der Waals surface area contributed by atoms with Gasteiger partial charge in [-0.05, 0) is 37.1 Å². The molecule has 3 rings (SSSR count). The lowest BCUT2D eigenvalue weighted by molar-refractivity contribution is 0.133. The minimum atomic E-state index is 0. The largest absolute Gasteiger partial charge is 0.444 e. The molecule has 2 aromatic carbocycles. The van der Waals surface area contributed by atoms with Gasteiger partial charge in [0.15, 0.2) is 5.96 Å². The zero-order valence-electron chi connectivity index (χ0n) is 17.6. The summed E-state index contributed by atoms with van der Waals surface area (Å²) < 4.78 is 11.2. The number of benzene rings is 2. The van der Waals surface area contributed by atoms with Crippen LogP contribution in [0.15, 0.2) is 64.2 Å². The van der Waals surface area contributed by atoms with E-state index in [1.165, 1.54) is 16.7 Å². The normalized spacial score (nSPS) is 11.1. The van der Waals surface area contributed by atoms with Crippen molar-refractivity contribution in [2.75, 3.05) is 13.7 Å². The van der Waals surface area contributed by atoms with Gasteiger partial charge in [0, 0.05) is 25.8 Å². The molecule has 0 unspecified atom stereocenters. The smallest absolute Gasteiger partial charge is 0.226 e. The lowest BCUT2D eigenvalue weighted by atomic mass is 10.1. The number of nitrogens with one attached hydrogen (secondary N) is 2. The number of aromatic nitrogens is 1. The molecule has 1 aromatic heterocycles. The van der Waals surface area contributed by atoms with Crippen molar-refractivity contribution in [2.24, 2.45) is 4.99 Å². The van der Waals surface area contributed by atoms with Gasteiger partial charge in [-0.15, -0.1) is 24.0 Å². The molecule has 0 atom stereocenters. The van der Waals surface area contributed by atoms with Gasteiger partial charge in [-0.3, -0.25) is 4.99 Å². The number of nitrogens with zero attached hydrogens (tertiary/aromatic N) is 2. The Labute approximate surface area is 195 Å². The second kappa shape index (κ2) is 12.3. The van der Waals surface area contributed by atoms with Crippen LogP contribution in [0.3, 0.4) is 0 Å². The van der Waals surface area contributed by atoms with Crippen LogP contribution in [0, 0.1) is 6.92 Å². The summed E-state index contributed by atoms with van der Waals surface area (Å²) >= 11 is 0. The number of aliphatic imine (C=N–C) groups is 1. The molecular weight excluding hydrogens is 491 g/mol. The number of halogens is 1. The summed E-state index contributed by atoms with van der Waals surface area (Å²) in [5.41, 5.74) is 5.36. The first kappa shape index (κ1) is 23.9. The minimum Gasteiger partial charge on any atom is -0.444 e. The topological polar surface area (TPSA) is 71.7 Å². The highest BCUT2D eigenvalue weighted by Gasteiger charge is 2.08. The van der Waals surface area contributed by atoms with Gasteiger partial charge < -0.3 is 19.8 Å². The molecule has 0 radical (unpaired) electrons. The minimum absolute atomic E-state index is 0. The van der Waals surface area contributed by atoms with Gasteiger partial charge in [0.2, 0.25) is 5.89 Å². The van der Waals surface area contributed by atoms with Crippen LogP contribution < -0.4 is 10.6 Å². The van der Waals surface area contributed by atoms with E-state index in [9.17, 15) is 0 Å². The molecule has 160 valence electrons. The standard InChI is InChI=1S/C23H28N4O2.HI/c1-4-28-15-20-8-6-5-7-19(20)13-25-23(24-3)26-14-21-16-29-22(27-21)18-11-9-17(2)10-12-18;/h5-12,16H,4,13-15H2,1-3H3,(H2,24,25,26);1H. The van der Waals surface area contributed by atoms with Gasteiger partial charge in [0.1, 0.15) is 6.26 Å². The van der Waals surface area contributed by atoms with Crippen molar-refractivity contribution in [3.05, 3.63) is 77.2 Å². The quantitative estimate of drug-likeness (QED) is 0.257. The third-order valence-corrected chi connectivity index (χ3v) is 4.54. The number of rotatable bonds is 8. The third kappa shape index (κ3) is 6.84. The van der Waals surface area contributed by atoms with E-state index >= 15 is 0 Å². The molecule has 30 heavy (non-hydrogen) atoms. The van der Waals surface area contributed by atoms with Crippen LogP contribution in [0.5, 0.6) is 0 Å². The summed E-state index contributed by atoms with van der Waals surface area (Å²) in [5, 5.41) is 6.62. The summed E-state index contributed by atoms with van der Waals surface area (Å²) in [4.78, 5) is 8.84.